The molecule has 1 saturated carbocycles. The van der Waals surface area contributed by atoms with E-state index in [2.05, 4.69) is 5.32 Å². The summed E-state index contributed by atoms with van der Waals surface area (Å²) in [5, 5.41) is 24.4. The van der Waals surface area contributed by atoms with E-state index in [1.54, 1.807) is 35.2 Å². The molecule has 1 heterocycles. The van der Waals surface area contributed by atoms with E-state index in [0.717, 1.165) is 31.2 Å². The zero-order valence-corrected chi connectivity index (χ0v) is 23.7. The van der Waals surface area contributed by atoms with Gasteiger partial charge in [0.2, 0.25) is 11.8 Å². The lowest BCUT2D eigenvalue weighted by Crippen LogP contribution is -2.55. The van der Waals surface area contributed by atoms with Gasteiger partial charge in [0.15, 0.2) is 11.5 Å². The van der Waals surface area contributed by atoms with Gasteiger partial charge in [-0.3, -0.25) is 14.4 Å². The topological polar surface area (TPSA) is 125 Å². The first kappa shape index (κ1) is 29.1. The first-order chi connectivity index (χ1) is 19.8. The number of carbonyl (C=O) groups excluding carboxylic acids is 3. The van der Waals surface area contributed by atoms with E-state index < -0.39 is 30.1 Å². The number of hydrogen-bond donors (Lipinski definition) is 3. The Kier molecular flexibility index (Phi) is 8.97. The Morgan fingerprint density at radius 2 is 1.93 bits per heavy atom. The Bertz CT molecular complexity index is 1320. The summed E-state index contributed by atoms with van der Waals surface area (Å²) in [5.74, 6) is -0.350. The third kappa shape index (κ3) is 5.98. The van der Waals surface area contributed by atoms with Crippen LogP contribution >= 0.6 is 11.6 Å². The van der Waals surface area contributed by atoms with Crippen LogP contribution in [0.2, 0.25) is 5.02 Å². The summed E-state index contributed by atoms with van der Waals surface area (Å²) < 4.78 is 11.8. The van der Waals surface area contributed by atoms with E-state index in [4.69, 9.17) is 21.1 Å². The van der Waals surface area contributed by atoms with Crippen molar-refractivity contribution in [2.24, 2.45) is 5.92 Å². The van der Waals surface area contributed by atoms with Gasteiger partial charge in [0.25, 0.3) is 0 Å². The van der Waals surface area contributed by atoms with Gasteiger partial charge in [-0.15, -0.1) is 0 Å². The summed E-state index contributed by atoms with van der Waals surface area (Å²) in [5.41, 5.74) is 2.00. The van der Waals surface area contributed by atoms with Crippen molar-refractivity contribution in [1.82, 2.24) is 10.2 Å². The van der Waals surface area contributed by atoms with E-state index in [1.807, 2.05) is 12.1 Å². The highest BCUT2D eigenvalue weighted by atomic mass is 35.5. The van der Waals surface area contributed by atoms with Crippen LogP contribution in [-0.4, -0.2) is 71.7 Å². The molecule has 3 aliphatic rings. The zero-order valence-electron chi connectivity index (χ0n) is 22.9. The van der Waals surface area contributed by atoms with Gasteiger partial charge in [-0.2, -0.15) is 0 Å². The van der Waals surface area contributed by atoms with Gasteiger partial charge in [-0.1, -0.05) is 36.6 Å². The molecular formula is C31H35ClN2O7. The van der Waals surface area contributed by atoms with Crippen LogP contribution in [0.3, 0.4) is 0 Å². The number of ether oxygens (including phenoxy) is 2. The number of nitrogens with zero attached hydrogens (tertiary/aromatic N) is 1. The summed E-state index contributed by atoms with van der Waals surface area (Å²) in [6.45, 7) is -0.0192. The normalized spacial score (nSPS) is 23.2. The second kappa shape index (κ2) is 12.6. The number of halogens is 1. The third-order valence-corrected chi connectivity index (χ3v) is 8.55. The number of aliphatic hydroxyl groups excluding tert-OH is 2. The Hall–Kier alpha value is -3.40. The van der Waals surface area contributed by atoms with Gasteiger partial charge < -0.3 is 29.9 Å². The molecule has 2 aliphatic carbocycles. The summed E-state index contributed by atoms with van der Waals surface area (Å²) in [6.07, 6.45) is 4.72. The van der Waals surface area contributed by atoms with Crippen LogP contribution in [0.1, 0.15) is 59.5 Å². The molecule has 0 spiro atoms. The second-order valence-corrected chi connectivity index (χ2v) is 11.3. The molecule has 4 unspecified atom stereocenters. The number of nitrogens with one attached hydrogen (secondary N) is 1. The van der Waals surface area contributed by atoms with Crippen molar-refractivity contribution in [2.45, 2.75) is 62.8 Å². The molecular weight excluding hydrogens is 548 g/mol. The van der Waals surface area contributed by atoms with Crippen molar-refractivity contribution in [3.63, 3.8) is 0 Å². The molecule has 0 saturated heterocycles. The zero-order chi connectivity index (χ0) is 29.1. The molecule has 0 radical (unpaired) electrons. The lowest BCUT2D eigenvalue weighted by molar-refractivity contribution is -0.139. The number of hydrogen-bond acceptors (Lipinski definition) is 7. The average molecular weight is 583 g/mol. The molecule has 9 nitrogen and oxygen atoms in total. The number of aldehydes is 1. The van der Waals surface area contributed by atoms with E-state index in [9.17, 15) is 24.6 Å². The molecule has 2 amide bonds. The minimum atomic E-state index is -1.19. The number of aliphatic hydroxyl groups is 2. The number of amides is 2. The maximum atomic E-state index is 13.9. The van der Waals surface area contributed by atoms with Crippen molar-refractivity contribution >= 4 is 29.7 Å². The first-order valence-corrected chi connectivity index (χ1v) is 14.4. The largest absolute Gasteiger partial charge is 0.493 e. The average Bonchev–Trinajstić information content (AvgIpc) is 3.64. The quantitative estimate of drug-likeness (QED) is 0.367. The Labute approximate surface area is 244 Å². The SMILES string of the molecule is COc1cc(C=O)cc2c1OC1C2C(C(=O)NCCO)=CC(N(Cc2ccc(Cl)cc2)C(=O)CC2CCCC2)C1O. The van der Waals surface area contributed by atoms with Crippen LogP contribution in [0.25, 0.3) is 0 Å². The van der Waals surface area contributed by atoms with Gasteiger partial charge >= 0.3 is 0 Å². The van der Waals surface area contributed by atoms with Crippen molar-refractivity contribution in [3.05, 3.63) is 69.8 Å². The molecule has 1 aliphatic heterocycles. The maximum Gasteiger partial charge on any atom is 0.247 e. The minimum absolute atomic E-state index is 0.0291. The molecule has 4 atom stereocenters. The van der Waals surface area contributed by atoms with Gasteiger partial charge in [0, 0.05) is 41.2 Å². The monoisotopic (exact) mass is 582 g/mol. The van der Waals surface area contributed by atoms with Crippen molar-refractivity contribution in [1.29, 1.82) is 0 Å². The van der Waals surface area contributed by atoms with Crippen LogP contribution in [-0.2, 0) is 16.1 Å². The number of rotatable bonds is 10. The number of carbonyl (C=O) groups is 3. The molecule has 2 aromatic carbocycles. The van der Waals surface area contributed by atoms with Crippen LogP contribution in [0.5, 0.6) is 11.5 Å². The lowest BCUT2D eigenvalue weighted by atomic mass is 9.77. The molecule has 2 aromatic rings. The van der Waals surface area contributed by atoms with Crippen molar-refractivity contribution in [2.75, 3.05) is 20.3 Å². The standard InChI is InChI=1S/C31H35ClN2O7/c1-40-25-13-20(17-36)12-22-27-23(31(39)33-10-11-35)15-24(28(38)30(27)41-29(22)25)34(16-19-6-8-21(32)9-7-19)26(37)14-18-4-2-3-5-18/h6-9,12-13,15,17-18,24,27-28,30,35,38H,2-5,10-11,14,16H2,1H3,(H,33,39). The summed E-state index contributed by atoms with van der Waals surface area (Å²) in [6, 6.07) is 9.47. The summed E-state index contributed by atoms with van der Waals surface area (Å²) >= 11 is 6.10. The molecule has 5 rings (SSSR count). The Morgan fingerprint density at radius 3 is 2.59 bits per heavy atom. The van der Waals surface area contributed by atoms with E-state index in [0.29, 0.717) is 40.4 Å². The fourth-order valence-corrected chi connectivity index (χ4v) is 6.41. The molecule has 0 aromatic heterocycles. The van der Waals surface area contributed by atoms with Crippen LogP contribution in [0.4, 0.5) is 0 Å². The molecule has 0 bridgehead atoms. The van der Waals surface area contributed by atoms with E-state index in [-0.39, 0.29) is 37.1 Å². The highest BCUT2D eigenvalue weighted by Crippen LogP contribution is 2.51. The van der Waals surface area contributed by atoms with Gasteiger partial charge in [0.1, 0.15) is 18.5 Å². The molecule has 218 valence electrons. The van der Waals surface area contributed by atoms with Crippen molar-refractivity contribution < 1.29 is 34.1 Å². The van der Waals surface area contributed by atoms with Gasteiger partial charge in [-0.05, 0) is 54.7 Å². The van der Waals surface area contributed by atoms with Crippen LogP contribution < -0.4 is 14.8 Å². The summed E-state index contributed by atoms with van der Waals surface area (Å²) in [4.78, 5) is 40.7. The fraction of sp³-hybridized carbons (Fsp3) is 0.452. The van der Waals surface area contributed by atoms with E-state index in [1.165, 1.54) is 7.11 Å². The van der Waals surface area contributed by atoms with Gasteiger partial charge in [-0.25, -0.2) is 0 Å². The fourth-order valence-electron chi connectivity index (χ4n) is 6.28. The van der Waals surface area contributed by atoms with Crippen molar-refractivity contribution in [3.8, 4) is 11.5 Å². The Morgan fingerprint density at radius 1 is 1.20 bits per heavy atom. The number of methoxy groups -OCH3 is 1. The van der Waals surface area contributed by atoms with Gasteiger partial charge in [0.05, 0.1) is 25.7 Å². The molecule has 1 fully saturated rings. The predicted molar refractivity (Wildman–Crippen MR) is 152 cm³/mol. The maximum absolute atomic E-state index is 13.9. The summed E-state index contributed by atoms with van der Waals surface area (Å²) in [7, 11) is 1.45. The minimum Gasteiger partial charge on any atom is -0.493 e. The van der Waals surface area contributed by atoms with E-state index >= 15 is 0 Å². The highest BCUT2D eigenvalue weighted by Gasteiger charge is 2.51. The predicted octanol–water partition coefficient (Wildman–Crippen LogP) is 3.39. The van der Waals surface area contributed by atoms with Crippen LogP contribution in [0.15, 0.2) is 48.0 Å². The number of benzene rings is 2. The molecule has 3 N–H and O–H groups in total. The first-order valence-electron chi connectivity index (χ1n) is 14.0. The Balaban J connectivity index is 1.57. The second-order valence-electron chi connectivity index (χ2n) is 10.9. The van der Waals surface area contributed by atoms with Crippen LogP contribution in [0, 0.1) is 5.92 Å². The smallest absolute Gasteiger partial charge is 0.247 e. The lowest BCUT2D eigenvalue weighted by Gasteiger charge is -2.41. The third-order valence-electron chi connectivity index (χ3n) is 8.30. The number of fused-ring (bicyclic) bond motifs is 3. The molecule has 10 heteroatoms. The molecule has 41 heavy (non-hydrogen) atoms. The highest BCUT2D eigenvalue weighted by molar-refractivity contribution is 6.30.